The maximum absolute atomic E-state index is 5.62. The Labute approximate surface area is 98.2 Å². The molecule has 0 saturated heterocycles. The van der Waals surface area contributed by atoms with E-state index >= 15 is 0 Å². The number of nitrogens with zero attached hydrogens (tertiary/aromatic N) is 1. The van der Waals surface area contributed by atoms with Gasteiger partial charge in [-0.2, -0.15) is 0 Å². The quantitative estimate of drug-likeness (QED) is 0.802. The van der Waals surface area contributed by atoms with Crippen molar-refractivity contribution in [3.8, 4) is 0 Å². The van der Waals surface area contributed by atoms with Crippen molar-refractivity contribution in [2.24, 2.45) is 0 Å². The zero-order valence-electron chi connectivity index (χ0n) is 10.7. The van der Waals surface area contributed by atoms with Crippen molar-refractivity contribution in [1.82, 2.24) is 10.3 Å². The molecule has 0 amide bonds. The van der Waals surface area contributed by atoms with E-state index in [9.17, 15) is 0 Å². The van der Waals surface area contributed by atoms with Gasteiger partial charge < -0.3 is 10.1 Å². The van der Waals surface area contributed by atoms with Crippen LogP contribution in [0.25, 0.3) is 0 Å². The van der Waals surface area contributed by atoms with Crippen LogP contribution in [0.1, 0.15) is 31.9 Å². The molecule has 3 nitrogen and oxygen atoms in total. The van der Waals surface area contributed by atoms with Gasteiger partial charge in [-0.1, -0.05) is 0 Å². The van der Waals surface area contributed by atoms with E-state index < -0.39 is 0 Å². The van der Waals surface area contributed by atoms with E-state index in [-0.39, 0.29) is 5.60 Å². The molecule has 1 aromatic rings. The van der Waals surface area contributed by atoms with Crippen molar-refractivity contribution in [2.45, 2.75) is 39.8 Å². The van der Waals surface area contributed by atoms with Crippen LogP contribution < -0.4 is 5.32 Å². The summed E-state index contributed by atoms with van der Waals surface area (Å²) in [6.07, 6.45) is 3.74. The monoisotopic (exact) mass is 222 g/mol. The molecule has 0 bridgehead atoms. The Balaban J connectivity index is 2.39. The van der Waals surface area contributed by atoms with Crippen molar-refractivity contribution in [3.05, 3.63) is 29.6 Å². The molecule has 3 heteroatoms. The summed E-state index contributed by atoms with van der Waals surface area (Å²) in [6, 6.07) is 2.03. The highest BCUT2D eigenvalue weighted by molar-refractivity contribution is 5.20. The molecule has 90 valence electrons. The number of hydrogen-bond acceptors (Lipinski definition) is 3. The Hall–Kier alpha value is -0.930. The van der Waals surface area contributed by atoms with E-state index in [1.54, 1.807) is 0 Å². The van der Waals surface area contributed by atoms with Crippen molar-refractivity contribution < 1.29 is 4.74 Å². The summed E-state index contributed by atoms with van der Waals surface area (Å²) >= 11 is 0. The van der Waals surface area contributed by atoms with Gasteiger partial charge in [-0.3, -0.25) is 4.98 Å². The van der Waals surface area contributed by atoms with Gasteiger partial charge in [-0.15, -0.1) is 0 Å². The summed E-state index contributed by atoms with van der Waals surface area (Å²) < 4.78 is 5.62. The topological polar surface area (TPSA) is 34.1 Å². The molecule has 0 radical (unpaired) electrons. The van der Waals surface area contributed by atoms with E-state index in [4.69, 9.17) is 4.74 Å². The molecule has 1 N–H and O–H groups in total. The first-order chi connectivity index (χ1) is 7.55. The van der Waals surface area contributed by atoms with E-state index in [0.29, 0.717) is 0 Å². The van der Waals surface area contributed by atoms with Gasteiger partial charge in [0.05, 0.1) is 5.60 Å². The van der Waals surface area contributed by atoms with Gasteiger partial charge in [0.1, 0.15) is 0 Å². The fraction of sp³-hybridized carbons (Fsp3) is 0.615. The molecular weight excluding hydrogens is 200 g/mol. The van der Waals surface area contributed by atoms with Gasteiger partial charge >= 0.3 is 0 Å². The third kappa shape index (κ3) is 4.29. The standard InChI is InChI=1S/C13H22N2O/c1-5-16-13(3,4)10-15-9-12-8-14-7-6-11(12)2/h6-8,15H,5,9-10H2,1-4H3. The van der Waals surface area contributed by atoms with Crippen molar-refractivity contribution >= 4 is 0 Å². The van der Waals surface area contributed by atoms with Crippen molar-refractivity contribution in [2.75, 3.05) is 13.2 Å². The second kappa shape index (κ2) is 5.97. The summed E-state index contributed by atoms with van der Waals surface area (Å²) in [4.78, 5) is 4.13. The van der Waals surface area contributed by atoms with E-state index in [1.807, 2.05) is 25.4 Å². The lowest BCUT2D eigenvalue weighted by Gasteiger charge is -2.25. The average Bonchev–Trinajstić information content (AvgIpc) is 2.20. The Morgan fingerprint density at radius 3 is 2.81 bits per heavy atom. The minimum absolute atomic E-state index is 0.106. The van der Waals surface area contributed by atoms with Crippen LogP contribution in [0.4, 0.5) is 0 Å². The van der Waals surface area contributed by atoms with Crippen LogP contribution in [-0.4, -0.2) is 23.7 Å². The Bertz CT molecular complexity index is 323. The van der Waals surface area contributed by atoms with Crippen LogP contribution in [0.15, 0.2) is 18.5 Å². The number of nitrogens with one attached hydrogen (secondary N) is 1. The molecule has 0 aromatic carbocycles. The van der Waals surface area contributed by atoms with Gasteiger partial charge in [-0.25, -0.2) is 0 Å². The SMILES string of the molecule is CCOC(C)(C)CNCc1cnccc1C. The lowest BCUT2D eigenvalue weighted by atomic mass is 10.1. The average molecular weight is 222 g/mol. The Morgan fingerprint density at radius 1 is 1.44 bits per heavy atom. The van der Waals surface area contributed by atoms with Gasteiger partial charge in [0.2, 0.25) is 0 Å². The smallest absolute Gasteiger partial charge is 0.0750 e. The van der Waals surface area contributed by atoms with Crippen LogP contribution in [0.3, 0.4) is 0 Å². The predicted molar refractivity (Wildman–Crippen MR) is 66.4 cm³/mol. The first-order valence-electron chi connectivity index (χ1n) is 5.79. The summed E-state index contributed by atoms with van der Waals surface area (Å²) in [7, 11) is 0. The number of rotatable bonds is 6. The van der Waals surface area contributed by atoms with Crippen molar-refractivity contribution in [1.29, 1.82) is 0 Å². The molecule has 0 atom stereocenters. The second-order valence-electron chi connectivity index (χ2n) is 4.60. The van der Waals surface area contributed by atoms with Crippen LogP contribution in [0, 0.1) is 6.92 Å². The van der Waals surface area contributed by atoms with E-state index in [1.165, 1.54) is 11.1 Å². The Morgan fingerprint density at radius 2 is 2.19 bits per heavy atom. The molecule has 0 unspecified atom stereocenters. The maximum atomic E-state index is 5.62. The highest BCUT2D eigenvalue weighted by Gasteiger charge is 2.16. The molecule has 0 saturated carbocycles. The maximum Gasteiger partial charge on any atom is 0.0750 e. The van der Waals surface area contributed by atoms with Gasteiger partial charge in [0, 0.05) is 32.1 Å². The minimum Gasteiger partial charge on any atom is -0.375 e. The molecule has 1 rings (SSSR count). The van der Waals surface area contributed by atoms with E-state index in [0.717, 1.165) is 19.7 Å². The third-order valence-corrected chi connectivity index (χ3v) is 2.55. The van der Waals surface area contributed by atoms with Crippen LogP contribution in [0.5, 0.6) is 0 Å². The largest absolute Gasteiger partial charge is 0.375 e. The Kier molecular flexibility index (Phi) is 4.90. The number of aromatic nitrogens is 1. The van der Waals surface area contributed by atoms with Crippen LogP contribution in [0.2, 0.25) is 0 Å². The van der Waals surface area contributed by atoms with Gasteiger partial charge in [-0.05, 0) is 44.9 Å². The molecule has 0 aliphatic rings. The summed E-state index contributed by atoms with van der Waals surface area (Å²) in [5, 5.41) is 3.40. The van der Waals surface area contributed by atoms with Crippen molar-refractivity contribution in [3.63, 3.8) is 0 Å². The minimum atomic E-state index is -0.106. The zero-order valence-corrected chi connectivity index (χ0v) is 10.7. The van der Waals surface area contributed by atoms with E-state index in [2.05, 4.69) is 31.1 Å². The number of ether oxygens (including phenoxy) is 1. The highest BCUT2D eigenvalue weighted by Crippen LogP contribution is 2.08. The summed E-state index contributed by atoms with van der Waals surface area (Å²) in [5.74, 6) is 0. The molecule has 1 aromatic heterocycles. The molecule has 1 heterocycles. The lowest BCUT2D eigenvalue weighted by molar-refractivity contribution is -0.00898. The fourth-order valence-electron chi connectivity index (χ4n) is 1.62. The van der Waals surface area contributed by atoms with Crippen LogP contribution >= 0.6 is 0 Å². The number of hydrogen-bond donors (Lipinski definition) is 1. The molecule has 0 fully saturated rings. The summed E-state index contributed by atoms with van der Waals surface area (Å²) in [6.45, 7) is 10.8. The molecule has 0 spiro atoms. The molecular formula is C13H22N2O. The third-order valence-electron chi connectivity index (χ3n) is 2.55. The fourth-order valence-corrected chi connectivity index (χ4v) is 1.62. The van der Waals surface area contributed by atoms with Gasteiger partial charge in [0.25, 0.3) is 0 Å². The lowest BCUT2D eigenvalue weighted by Crippen LogP contribution is -2.37. The summed E-state index contributed by atoms with van der Waals surface area (Å²) in [5.41, 5.74) is 2.41. The molecule has 16 heavy (non-hydrogen) atoms. The highest BCUT2D eigenvalue weighted by atomic mass is 16.5. The number of pyridine rings is 1. The normalized spacial score (nSPS) is 11.8. The van der Waals surface area contributed by atoms with Crippen LogP contribution in [-0.2, 0) is 11.3 Å². The predicted octanol–water partition coefficient (Wildman–Crippen LogP) is 2.29. The zero-order chi connectivity index (χ0) is 12.0. The second-order valence-corrected chi connectivity index (χ2v) is 4.60. The van der Waals surface area contributed by atoms with Gasteiger partial charge in [0.15, 0.2) is 0 Å². The molecule has 0 aliphatic heterocycles. The molecule has 0 aliphatic carbocycles. The first-order valence-corrected chi connectivity index (χ1v) is 5.79. The number of aryl methyl sites for hydroxylation is 1. The first kappa shape index (κ1) is 13.1.